The molecule has 4 heteroatoms. The fourth-order valence-electron chi connectivity index (χ4n) is 2.94. The third-order valence-electron chi connectivity index (χ3n) is 4.25. The lowest BCUT2D eigenvalue weighted by Gasteiger charge is -2.28. The summed E-state index contributed by atoms with van der Waals surface area (Å²) in [4.78, 5) is 12.3. The number of methoxy groups -OCH3 is 1. The molecule has 0 aliphatic heterocycles. The fraction of sp³-hybridized carbons (Fsp3) is 0.562. The van der Waals surface area contributed by atoms with E-state index in [4.69, 9.17) is 10.5 Å². The second-order valence-corrected chi connectivity index (χ2v) is 5.53. The van der Waals surface area contributed by atoms with Crippen molar-refractivity contribution in [1.29, 1.82) is 0 Å². The van der Waals surface area contributed by atoms with Crippen LogP contribution in [0.2, 0.25) is 0 Å². The van der Waals surface area contributed by atoms with Crippen LogP contribution in [0.5, 0.6) is 5.75 Å². The number of ether oxygens (including phenoxy) is 1. The number of amides is 1. The van der Waals surface area contributed by atoms with Crippen molar-refractivity contribution in [3.05, 3.63) is 23.8 Å². The lowest BCUT2D eigenvalue weighted by molar-refractivity contribution is 0.0918. The van der Waals surface area contributed by atoms with Crippen LogP contribution in [0.4, 0.5) is 5.69 Å². The topological polar surface area (TPSA) is 64.4 Å². The van der Waals surface area contributed by atoms with Gasteiger partial charge in [-0.25, -0.2) is 0 Å². The van der Waals surface area contributed by atoms with E-state index in [1.165, 1.54) is 26.4 Å². The van der Waals surface area contributed by atoms with Gasteiger partial charge in [-0.2, -0.15) is 0 Å². The minimum Gasteiger partial charge on any atom is -0.494 e. The second kappa shape index (κ2) is 6.64. The first kappa shape index (κ1) is 14.7. The number of nitrogens with one attached hydrogen (secondary N) is 1. The molecule has 0 atom stereocenters. The Morgan fingerprint density at radius 3 is 2.65 bits per heavy atom. The van der Waals surface area contributed by atoms with Crippen molar-refractivity contribution in [2.75, 3.05) is 12.8 Å². The molecular formula is C16H24N2O2. The summed E-state index contributed by atoms with van der Waals surface area (Å²) in [7, 11) is 1.54. The maximum atomic E-state index is 12.3. The number of anilines is 1. The van der Waals surface area contributed by atoms with Gasteiger partial charge in [-0.15, -0.1) is 0 Å². The number of hydrogen-bond donors (Lipinski definition) is 2. The third-order valence-corrected chi connectivity index (χ3v) is 4.25. The Bertz CT molecular complexity index is 466. The number of carbonyl (C=O) groups excluding carboxylic acids is 1. The van der Waals surface area contributed by atoms with Crippen LogP contribution < -0.4 is 15.8 Å². The minimum absolute atomic E-state index is 0.0888. The number of hydrogen-bond acceptors (Lipinski definition) is 3. The van der Waals surface area contributed by atoms with Crippen LogP contribution in [0.3, 0.4) is 0 Å². The zero-order valence-electron chi connectivity index (χ0n) is 12.3. The quantitative estimate of drug-likeness (QED) is 0.831. The molecule has 0 unspecified atom stereocenters. The average Bonchev–Trinajstić information content (AvgIpc) is 2.47. The van der Waals surface area contributed by atoms with E-state index in [1.54, 1.807) is 18.2 Å². The Hall–Kier alpha value is -1.71. The summed E-state index contributed by atoms with van der Waals surface area (Å²) in [5.41, 5.74) is 6.85. The molecule has 1 saturated carbocycles. The highest BCUT2D eigenvalue weighted by atomic mass is 16.5. The van der Waals surface area contributed by atoms with Crippen LogP contribution in [0.25, 0.3) is 0 Å². The van der Waals surface area contributed by atoms with E-state index in [9.17, 15) is 4.79 Å². The molecule has 0 aromatic heterocycles. The predicted molar refractivity (Wildman–Crippen MR) is 80.9 cm³/mol. The van der Waals surface area contributed by atoms with Crippen molar-refractivity contribution in [2.45, 2.75) is 45.1 Å². The maximum absolute atomic E-state index is 12.3. The molecule has 0 bridgehead atoms. The molecule has 1 fully saturated rings. The summed E-state index contributed by atoms with van der Waals surface area (Å²) in [6, 6.07) is 5.54. The molecular weight excluding hydrogens is 252 g/mol. The monoisotopic (exact) mass is 276 g/mol. The first-order valence-corrected chi connectivity index (χ1v) is 7.39. The zero-order chi connectivity index (χ0) is 14.5. The van der Waals surface area contributed by atoms with E-state index < -0.39 is 0 Å². The second-order valence-electron chi connectivity index (χ2n) is 5.53. The van der Waals surface area contributed by atoms with Gasteiger partial charge in [0.2, 0.25) is 0 Å². The minimum atomic E-state index is -0.0888. The van der Waals surface area contributed by atoms with Gasteiger partial charge in [-0.05, 0) is 43.7 Å². The van der Waals surface area contributed by atoms with Gasteiger partial charge in [0, 0.05) is 6.04 Å². The lowest BCUT2D eigenvalue weighted by atomic mass is 9.84. The summed E-state index contributed by atoms with van der Waals surface area (Å²) < 4.78 is 5.24. The van der Waals surface area contributed by atoms with Gasteiger partial charge in [0.05, 0.1) is 18.4 Å². The van der Waals surface area contributed by atoms with Gasteiger partial charge in [0.25, 0.3) is 5.91 Å². The summed E-state index contributed by atoms with van der Waals surface area (Å²) >= 11 is 0. The van der Waals surface area contributed by atoms with Gasteiger partial charge < -0.3 is 15.8 Å². The van der Waals surface area contributed by atoms with Crippen LogP contribution in [0, 0.1) is 5.92 Å². The smallest absolute Gasteiger partial charge is 0.255 e. The van der Waals surface area contributed by atoms with Crippen molar-refractivity contribution in [3.8, 4) is 5.75 Å². The van der Waals surface area contributed by atoms with Gasteiger partial charge in [-0.3, -0.25) is 4.79 Å². The molecule has 1 aliphatic carbocycles. The highest BCUT2D eigenvalue weighted by molar-refractivity contribution is 5.98. The molecule has 20 heavy (non-hydrogen) atoms. The van der Waals surface area contributed by atoms with Crippen LogP contribution >= 0.6 is 0 Å². The predicted octanol–water partition coefficient (Wildman–Crippen LogP) is 2.98. The lowest BCUT2D eigenvalue weighted by Crippen LogP contribution is -2.37. The van der Waals surface area contributed by atoms with Gasteiger partial charge in [0.1, 0.15) is 0 Å². The number of rotatable bonds is 4. The van der Waals surface area contributed by atoms with Gasteiger partial charge in [-0.1, -0.05) is 19.4 Å². The molecule has 3 N–H and O–H groups in total. The molecule has 1 aliphatic rings. The van der Waals surface area contributed by atoms with E-state index in [-0.39, 0.29) is 11.9 Å². The van der Waals surface area contributed by atoms with Crippen LogP contribution in [-0.4, -0.2) is 19.1 Å². The number of nitrogen functional groups attached to an aromatic ring is 1. The molecule has 1 amide bonds. The van der Waals surface area contributed by atoms with Crippen molar-refractivity contribution in [3.63, 3.8) is 0 Å². The first-order valence-electron chi connectivity index (χ1n) is 7.39. The molecule has 0 radical (unpaired) electrons. The SMILES string of the molecule is CCC1CCC(NC(=O)c2cccc(N)c2OC)CC1. The van der Waals surface area contributed by atoms with E-state index >= 15 is 0 Å². The largest absolute Gasteiger partial charge is 0.494 e. The average molecular weight is 276 g/mol. The van der Waals surface area contributed by atoms with Crippen LogP contribution in [0.15, 0.2) is 18.2 Å². The Morgan fingerprint density at radius 2 is 2.05 bits per heavy atom. The molecule has 1 aromatic rings. The standard InChI is InChI=1S/C16H24N2O2/c1-3-11-7-9-12(10-8-11)18-16(19)13-5-4-6-14(17)15(13)20-2/h4-6,11-12H,3,7-10,17H2,1-2H3,(H,18,19). The summed E-state index contributed by atoms with van der Waals surface area (Å²) in [6.07, 6.45) is 5.78. The Kier molecular flexibility index (Phi) is 4.88. The zero-order valence-corrected chi connectivity index (χ0v) is 12.3. The first-order chi connectivity index (χ1) is 9.65. The highest BCUT2D eigenvalue weighted by Crippen LogP contribution is 2.28. The van der Waals surface area contributed by atoms with E-state index in [0.29, 0.717) is 17.0 Å². The Labute approximate surface area is 120 Å². The van der Waals surface area contributed by atoms with E-state index in [1.807, 2.05) is 0 Å². The van der Waals surface area contributed by atoms with Crippen LogP contribution in [0.1, 0.15) is 49.4 Å². The molecule has 0 spiro atoms. The van der Waals surface area contributed by atoms with Gasteiger partial charge >= 0.3 is 0 Å². The van der Waals surface area contributed by atoms with E-state index in [0.717, 1.165) is 18.8 Å². The summed E-state index contributed by atoms with van der Waals surface area (Å²) in [6.45, 7) is 2.24. The number of benzene rings is 1. The summed E-state index contributed by atoms with van der Waals surface area (Å²) in [5.74, 6) is 1.20. The van der Waals surface area contributed by atoms with Gasteiger partial charge in [0.15, 0.2) is 5.75 Å². The Balaban J connectivity index is 2.01. The highest BCUT2D eigenvalue weighted by Gasteiger charge is 2.23. The Morgan fingerprint density at radius 1 is 1.35 bits per heavy atom. The molecule has 4 nitrogen and oxygen atoms in total. The van der Waals surface area contributed by atoms with E-state index in [2.05, 4.69) is 12.2 Å². The summed E-state index contributed by atoms with van der Waals surface area (Å²) in [5, 5.41) is 3.11. The molecule has 110 valence electrons. The number of nitrogens with two attached hydrogens (primary N) is 1. The van der Waals surface area contributed by atoms with Crippen molar-refractivity contribution in [1.82, 2.24) is 5.32 Å². The van der Waals surface area contributed by atoms with Crippen molar-refractivity contribution >= 4 is 11.6 Å². The van der Waals surface area contributed by atoms with Crippen LogP contribution in [-0.2, 0) is 0 Å². The number of carbonyl (C=O) groups is 1. The van der Waals surface area contributed by atoms with Crippen molar-refractivity contribution in [2.24, 2.45) is 5.92 Å². The normalized spacial score (nSPS) is 22.3. The maximum Gasteiger partial charge on any atom is 0.255 e. The molecule has 2 rings (SSSR count). The van der Waals surface area contributed by atoms with Crippen molar-refractivity contribution < 1.29 is 9.53 Å². The number of para-hydroxylation sites is 1. The molecule has 1 aromatic carbocycles. The fourth-order valence-corrected chi connectivity index (χ4v) is 2.94. The third kappa shape index (κ3) is 3.24. The molecule has 0 heterocycles. The molecule has 0 saturated heterocycles.